The molecule has 1 heterocycles. The largest absolute Gasteiger partial charge is 0.496 e. The molecule has 0 radical (unpaired) electrons. The Balaban J connectivity index is 2.20. The summed E-state index contributed by atoms with van der Waals surface area (Å²) < 4.78 is 5.10. The van der Waals surface area contributed by atoms with Gasteiger partial charge in [0.25, 0.3) is 0 Å². The van der Waals surface area contributed by atoms with Gasteiger partial charge < -0.3 is 10.1 Å². The van der Waals surface area contributed by atoms with Crippen molar-refractivity contribution in [1.29, 1.82) is 0 Å². The van der Waals surface area contributed by atoms with E-state index in [0.717, 1.165) is 18.8 Å². The monoisotopic (exact) mass is 199 g/mol. The number of nitrogens with one attached hydrogen (secondary N) is 1. The first-order chi connectivity index (χ1) is 6.36. The summed E-state index contributed by atoms with van der Waals surface area (Å²) in [6.45, 7) is 4.28. The summed E-state index contributed by atoms with van der Waals surface area (Å²) in [5.74, 6) is 0.970. The maximum atomic E-state index is 5.10. The Kier molecular flexibility index (Phi) is 4.86. The maximum Gasteiger partial charge on any atom is 0.129 e. The number of rotatable bonds is 6. The highest BCUT2D eigenvalue weighted by atomic mass is 32.1. The summed E-state index contributed by atoms with van der Waals surface area (Å²) in [4.78, 5) is 1.34. The summed E-state index contributed by atoms with van der Waals surface area (Å²) >= 11 is 1.74. The van der Waals surface area contributed by atoms with Crippen LogP contribution in [0, 0.1) is 0 Å². The van der Waals surface area contributed by atoms with Crippen molar-refractivity contribution in [2.75, 3.05) is 13.7 Å². The molecule has 74 valence electrons. The molecule has 0 fully saturated rings. The predicted molar refractivity (Wildman–Crippen MR) is 57.5 cm³/mol. The summed E-state index contributed by atoms with van der Waals surface area (Å²) in [5, 5.41) is 5.43. The van der Waals surface area contributed by atoms with Crippen LogP contribution in [0.25, 0.3) is 0 Å². The summed E-state index contributed by atoms with van der Waals surface area (Å²) in [5.41, 5.74) is 0. The second kappa shape index (κ2) is 6.00. The molecule has 0 saturated heterocycles. The third-order valence-corrected chi connectivity index (χ3v) is 2.79. The predicted octanol–water partition coefficient (Wildman–Crippen LogP) is 2.65. The molecule has 0 spiro atoms. The lowest BCUT2D eigenvalue weighted by molar-refractivity contribution is 0.416. The molecule has 13 heavy (non-hydrogen) atoms. The Morgan fingerprint density at radius 2 is 2.38 bits per heavy atom. The molecule has 1 aromatic heterocycles. The summed E-state index contributed by atoms with van der Waals surface area (Å²) in [6, 6.07) is 2.09. The van der Waals surface area contributed by atoms with Crippen molar-refractivity contribution < 1.29 is 4.74 Å². The number of unbranched alkanes of at least 4 members (excludes halogenated alkanes) is 1. The van der Waals surface area contributed by atoms with Crippen LogP contribution in [0.3, 0.4) is 0 Å². The second-order valence-corrected chi connectivity index (χ2v) is 3.98. The van der Waals surface area contributed by atoms with Gasteiger partial charge in [-0.1, -0.05) is 13.3 Å². The number of hydrogen-bond donors (Lipinski definition) is 1. The zero-order valence-corrected chi connectivity index (χ0v) is 9.12. The minimum atomic E-state index is 0.966. The van der Waals surface area contributed by atoms with Crippen LogP contribution in [-0.2, 0) is 6.54 Å². The molecule has 0 unspecified atom stereocenters. The zero-order valence-electron chi connectivity index (χ0n) is 8.30. The van der Waals surface area contributed by atoms with E-state index in [1.165, 1.54) is 17.7 Å². The van der Waals surface area contributed by atoms with Crippen LogP contribution in [0.5, 0.6) is 5.75 Å². The lowest BCUT2D eigenvalue weighted by Crippen LogP contribution is -2.13. The van der Waals surface area contributed by atoms with Gasteiger partial charge in [-0.15, -0.1) is 11.3 Å². The van der Waals surface area contributed by atoms with Gasteiger partial charge in [0.05, 0.1) is 7.11 Å². The minimum absolute atomic E-state index is 0.966. The van der Waals surface area contributed by atoms with Crippen molar-refractivity contribution >= 4 is 11.3 Å². The molecule has 0 aliphatic rings. The molecule has 0 amide bonds. The van der Waals surface area contributed by atoms with E-state index in [-0.39, 0.29) is 0 Å². The number of methoxy groups -OCH3 is 1. The van der Waals surface area contributed by atoms with Crippen LogP contribution in [0.4, 0.5) is 0 Å². The second-order valence-electron chi connectivity index (χ2n) is 2.98. The van der Waals surface area contributed by atoms with E-state index in [9.17, 15) is 0 Å². The van der Waals surface area contributed by atoms with Crippen LogP contribution in [0.1, 0.15) is 24.6 Å². The molecule has 3 heteroatoms. The third-order valence-electron chi connectivity index (χ3n) is 1.87. The van der Waals surface area contributed by atoms with Gasteiger partial charge in [0, 0.05) is 16.8 Å². The van der Waals surface area contributed by atoms with Gasteiger partial charge in [0.2, 0.25) is 0 Å². The first-order valence-corrected chi connectivity index (χ1v) is 5.57. The highest BCUT2D eigenvalue weighted by molar-refractivity contribution is 7.10. The Hall–Kier alpha value is -0.540. The molecular weight excluding hydrogens is 182 g/mol. The van der Waals surface area contributed by atoms with Crippen molar-refractivity contribution in [2.24, 2.45) is 0 Å². The molecule has 1 rings (SSSR count). The summed E-state index contributed by atoms with van der Waals surface area (Å²) in [6.07, 6.45) is 2.50. The van der Waals surface area contributed by atoms with Crippen LogP contribution in [-0.4, -0.2) is 13.7 Å². The third kappa shape index (κ3) is 3.79. The lowest BCUT2D eigenvalue weighted by atomic mass is 10.3. The number of hydrogen-bond acceptors (Lipinski definition) is 3. The molecule has 1 N–H and O–H groups in total. The maximum absolute atomic E-state index is 5.10. The van der Waals surface area contributed by atoms with Crippen LogP contribution in [0.15, 0.2) is 11.4 Å². The van der Waals surface area contributed by atoms with E-state index in [2.05, 4.69) is 18.3 Å². The fourth-order valence-corrected chi connectivity index (χ4v) is 1.87. The fourth-order valence-electron chi connectivity index (χ4n) is 1.07. The van der Waals surface area contributed by atoms with Gasteiger partial charge in [-0.3, -0.25) is 0 Å². The van der Waals surface area contributed by atoms with Crippen LogP contribution in [0.2, 0.25) is 0 Å². The quantitative estimate of drug-likeness (QED) is 0.711. The van der Waals surface area contributed by atoms with Gasteiger partial charge in [0.15, 0.2) is 0 Å². The van der Waals surface area contributed by atoms with E-state index in [0.29, 0.717) is 0 Å². The lowest BCUT2D eigenvalue weighted by Gasteiger charge is -2.00. The number of thiophene rings is 1. The molecule has 1 aromatic rings. The van der Waals surface area contributed by atoms with Gasteiger partial charge in [-0.2, -0.15) is 0 Å². The summed E-state index contributed by atoms with van der Waals surface area (Å²) in [7, 11) is 1.70. The van der Waals surface area contributed by atoms with Gasteiger partial charge in [-0.05, 0) is 19.0 Å². The Labute approximate surface area is 83.9 Å². The van der Waals surface area contributed by atoms with Gasteiger partial charge >= 0.3 is 0 Å². The van der Waals surface area contributed by atoms with Crippen molar-refractivity contribution in [2.45, 2.75) is 26.3 Å². The van der Waals surface area contributed by atoms with Crippen molar-refractivity contribution in [3.8, 4) is 5.75 Å². The molecule has 0 aliphatic carbocycles. The average molecular weight is 199 g/mol. The zero-order chi connectivity index (χ0) is 9.52. The smallest absolute Gasteiger partial charge is 0.129 e. The Bertz CT molecular complexity index is 235. The molecule has 0 bridgehead atoms. The SMILES string of the molecule is CCCCNCc1cc(OC)cs1. The fraction of sp³-hybridized carbons (Fsp3) is 0.600. The Morgan fingerprint density at radius 3 is 3.00 bits per heavy atom. The van der Waals surface area contributed by atoms with E-state index >= 15 is 0 Å². The van der Waals surface area contributed by atoms with E-state index in [1.54, 1.807) is 18.4 Å². The molecule has 2 nitrogen and oxygen atoms in total. The van der Waals surface area contributed by atoms with E-state index in [1.807, 2.05) is 5.38 Å². The first kappa shape index (κ1) is 10.5. The Morgan fingerprint density at radius 1 is 1.54 bits per heavy atom. The minimum Gasteiger partial charge on any atom is -0.496 e. The van der Waals surface area contributed by atoms with Gasteiger partial charge in [0.1, 0.15) is 5.75 Å². The molecular formula is C10H17NOS. The van der Waals surface area contributed by atoms with Crippen molar-refractivity contribution in [3.05, 3.63) is 16.3 Å². The average Bonchev–Trinajstić information content (AvgIpc) is 2.60. The normalized spacial score (nSPS) is 10.3. The molecule has 0 atom stereocenters. The highest BCUT2D eigenvalue weighted by Gasteiger charge is 1.97. The highest BCUT2D eigenvalue weighted by Crippen LogP contribution is 2.20. The number of ether oxygens (including phenoxy) is 1. The van der Waals surface area contributed by atoms with Crippen molar-refractivity contribution in [1.82, 2.24) is 5.32 Å². The first-order valence-electron chi connectivity index (χ1n) is 4.69. The van der Waals surface area contributed by atoms with Gasteiger partial charge in [-0.25, -0.2) is 0 Å². The molecule has 0 aromatic carbocycles. The van der Waals surface area contributed by atoms with E-state index in [4.69, 9.17) is 4.74 Å². The van der Waals surface area contributed by atoms with Crippen molar-refractivity contribution in [3.63, 3.8) is 0 Å². The van der Waals surface area contributed by atoms with Crippen LogP contribution >= 0.6 is 11.3 Å². The van der Waals surface area contributed by atoms with Crippen LogP contribution < -0.4 is 10.1 Å². The standard InChI is InChI=1S/C10H17NOS/c1-3-4-5-11-7-10-6-9(12-2)8-13-10/h6,8,11H,3-5,7H2,1-2H3. The molecule has 0 saturated carbocycles. The van der Waals surface area contributed by atoms with E-state index < -0.39 is 0 Å². The molecule has 0 aliphatic heterocycles. The topological polar surface area (TPSA) is 21.3 Å².